The summed E-state index contributed by atoms with van der Waals surface area (Å²) in [7, 11) is 1.93. The summed E-state index contributed by atoms with van der Waals surface area (Å²) in [5, 5.41) is 3.12. The molecule has 1 aromatic rings. The topological polar surface area (TPSA) is 38.0 Å². The van der Waals surface area contributed by atoms with Gasteiger partial charge in [-0.3, -0.25) is 0 Å². The zero-order chi connectivity index (χ0) is 9.14. The van der Waals surface area contributed by atoms with Gasteiger partial charge in [0, 0.05) is 0 Å². The number of nitrogens with one attached hydrogen (secondary N) is 1. The SMILES string of the molecule is CNc1ccc(N)c(I(C)C)c1. The maximum atomic E-state index is 5.86. The van der Waals surface area contributed by atoms with E-state index in [-0.39, 0.29) is 0 Å². The molecular weight excluding hydrogens is 263 g/mol. The molecular formula is C9H15IN2. The van der Waals surface area contributed by atoms with Crippen LogP contribution in [0.2, 0.25) is 0 Å². The molecule has 0 unspecified atom stereocenters. The third-order valence-corrected chi connectivity index (χ3v) is 4.95. The van der Waals surface area contributed by atoms with Crippen LogP contribution in [0.3, 0.4) is 0 Å². The van der Waals surface area contributed by atoms with E-state index in [9.17, 15) is 0 Å². The van der Waals surface area contributed by atoms with Crippen molar-refractivity contribution in [2.24, 2.45) is 0 Å². The summed E-state index contributed by atoms with van der Waals surface area (Å²) in [5.41, 5.74) is 7.96. The molecule has 0 radical (unpaired) electrons. The van der Waals surface area contributed by atoms with Gasteiger partial charge in [0.15, 0.2) is 0 Å². The summed E-state index contributed by atoms with van der Waals surface area (Å²) in [5.74, 6) is 0. The van der Waals surface area contributed by atoms with Crippen LogP contribution >= 0.6 is 19.8 Å². The van der Waals surface area contributed by atoms with Crippen molar-refractivity contribution in [3.8, 4) is 0 Å². The van der Waals surface area contributed by atoms with Gasteiger partial charge in [-0.05, 0) is 0 Å². The molecule has 68 valence electrons. The van der Waals surface area contributed by atoms with Gasteiger partial charge in [0.2, 0.25) is 0 Å². The molecule has 0 aliphatic carbocycles. The van der Waals surface area contributed by atoms with Crippen molar-refractivity contribution in [3.05, 3.63) is 21.8 Å². The minimum absolute atomic E-state index is 0.936. The predicted molar refractivity (Wildman–Crippen MR) is 65.0 cm³/mol. The Morgan fingerprint density at radius 1 is 1.33 bits per heavy atom. The van der Waals surface area contributed by atoms with E-state index in [2.05, 4.69) is 21.2 Å². The summed E-state index contributed by atoms with van der Waals surface area (Å²) in [6.07, 6.45) is 0. The average Bonchev–Trinajstić information content (AvgIpc) is 2.05. The minimum atomic E-state index is -0.936. The molecule has 0 saturated carbocycles. The van der Waals surface area contributed by atoms with Crippen molar-refractivity contribution in [3.63, 3.8) is 0 Å². The fraction of sp³-hybridized carbons (Fsp3) is 0.333. The summed E-state index contributed by atoms with van der Waals surface area (Å²) in [6.45, 7) is 0. The van der Waals surface area contributed by atoms with Crippen LogP contribution in [0.1, 0.15) is 0 Å². The Bertz CT molecular complexity index is 271. The van der Waals surface area contributed by atoms with Gasteiger partial charge in [0.25, 0.3) is 0 Å². The van der Waals surface area contributed by atoms with Crippen LogP contribution in [0, 0.1) is 3.57 Å². The molecule has 3 N–H and O–H groups in total. The van der Waals surface area contributed by atoms with Crippen molar-refractivity contribution >= 4 is 31.2 Å². The number of benzene rings is 1. The number of alkyl halides is 2. The van der Waals surface area contributed by atoms with E-state index in [1.54, 1.807) is 0 Å². The molecule has 3 heteroatoms. The number of halogens is 1. The van der Waals surface area contributed by atoms with Crippen LogP contribution in [-0.4, -0.2) is 16.9 Å². The molecule has 0 fully saturated rings. The maximum absolute atomic E-state index is 5.86. The van der Waals surface area contributed by atoms with Gasteiger partial charge in [0.1, 0.15) is 0 Å². The summed E-state index contributed by atoms with van der Waals surface area (Å²) < 4.78 is 1.37. The Morgan fingerprint density at radius 3 is 2.50 bits per heavy atom. The Labute approximate surface area is 80.9 Å². The Morgan fingerprint density at radius 2 is 2.00 bits per heavy atom. The number of nitrogen functional groups attached to an aromatic ring is 1. The third kappa shape index (κ3) is 2.03. The van der Waals surface area contributed by atoms with Gasteiger partial charge < -0.3 is 0 Å². The number of hydrogen-bond acceptors (Lipinski definition) is 2. The first-order valence-electron chi connectivity index (χ1n) is 3.72. The van der Waals surface area contributed by atoms with Crippen molar-refractivity contribution in [2.45, 2.75) is 0 Å². The Kier molecular flexibility index (Phi) is 3.20. The molecule has 1 aromatic carbocycles. The van der Waals surface area contributed by atoms with Crippen LogP contribution in [0.25, 0.3) is 0 Å². The van der Waals surface area contributed by atoms with Gasteiger partial charge in [-0.15, -0.1) is 0 Å². The standard InChI is InChI=1S/C9H15IN2/c1-10(2)8-6-7(12-3)4-5-9(8)11/h4-6,12H,11H2,1-3H3. The molecule has 0 aliphatic heterocycles. The zero-order valence-corrected chi connectivity index (χ0v) is 9.84. The molecule has 12 heavy (non-hydrogen) atoms. The van der Waals surface area contributed by atoms with Crippen molar-refractivity contribution < 1.29 is 0 Å². The molecule has 0 heterocycles. The second kappa shape index (κ2) is 3.98. The average molecular weight is 278 g/mol. The van der Waals surface area contributed by atoms with Crippen molar-refractivity contribution in [1.82, 2.24) is 0 Å². The van der Waals surface area contributed by atoms with Gasteiger partial charge in [0.05, 0.1) is 0 Å². The van der Waals surface area contributed by atoms with E-state index in [4.69, 9.17) is 5.73 Å². The quantitative estimate of drug-likeness (QED) is 0.494. The second-order valence-corrected chi connectivity index (χ2v) is 8.22. The normalized spacial score (nSPS) is 11.1. The monoisotopic (exact) mass is 278 g/mol. The second-order valence-electron chi connectivity index (χ2n) is 2.74. The van der Waals surface area contributed by atoms with Crippen LogP contribution in [0.4, 0.5) is 11.4 Å². The van der Waals surface area contributed by atoms with E-state index in [1.807, 2.05) is 19.2 Å². The Hall–Kier alpha value is -0.450. The van der Waals surface area contributed by atoms with Crippen LogP contribution in [0.15, 0.2) is 18.2 Å². The fourth-order valence-corrected chi connectivity index (χ4v) is 3.39. The van der Waals surface area contributed by atoms with Crippen molar-refractivity contribution in [1.29, 1.82) is 0 Å². The fourth-order valence-electron chi connectivity index (χ4n) is 1.01. The van der Waals surface area contributed by atoms with Crippen molar-refractivity contribution in [2.75, 3.05) is 28.0 Å². The molecule has 0 bridgehead atoms. The molecule has 1 rings (SSSR count). The molecule has 0 aromatic heterocycles. The number of hydrogen-bond donors (Lipinski definition) is 2. The van der Waals surface area contributed by atoms with E-state index in [0.717, 1.165) is 11.4 Å². The zero-order valence-electron chi connectivity index (χ0n) is 7.69. The molecule has 0 aliphatic rings. The van der Waals surface area contributed by atoms with Gasteiger partial charge in [-0.2, -0.15) is 0 Å². The van der Waals surface area contributed by atoms with E-state index >= 15 is 0 Å². The third-order valence-electron chi connectivity index (χ3n) is 1.70. The van der Waals surface area contributed by atoms with Crippen LogP contribution in [0.5, 0.6) is 0 Å². The summed E-state index contributed by atoms with van der Waals surface area (Å²) >= 11 is -0.936. The molecule has 2 nitrogen and oxygen atoms in total. The molecule has 0 saturated heterocycles. The number of nitrogens with two attached hydrogens (primary N) is 1. The first-order chi connectivity index (χ1) is 5.65. The van der Waals surface area contributed by atoms with Gasteiger partial charge in [-0.25, -0.2) is 0 Å². The molecule has 0 amide bonds. The van der Waals surface area contributed by atoms with Crippen LogP contribution in [-0.2, 0) is 0 Å². The number of rotatable bonds is 2. The first-order valence-corrected chi connectivity index (χ1v) is 9.12. The molecule has 0 spiro atoms. The number of anilines is 2. The summed E-state index contributed by atoms with van der Waals surface area (Å²) in [6, 6.07) is 6.16. The van der Waals surface area contributed by atoms with E-state index in [0.29, 0.717) is 0 Å². The van der Waals surface area contributed by atoms with E-state index < -0.39 is 19.8 Å². The van der Waals surface area contributed by atoms with Gasteiger partial charge >= 0.3 is 80.9 Å². The van der Waals surface area contributed by atoms with Crippen LogP contribution < -0.4 is 11.1 Å². The van der Waals surface area contributed by atoms with Gasteiger partial charge in [-0.1, -0.05) is 0 Å². The predicted octanol–water partition coefficient (Wildman–Crippen LogP) is 2.25. The first kappa shape index (κ1) is 9.64. The summed E-state index contributed by atoms with van der Waals surface area (Å²) in [4.78, 5) is 4.60. The Balaban J connectivity index is 3.08. The molecule has 0 atom stereocenters. The van der Waals surface area contributed by atoms with E-state index in [1.165, 1.54) is 3.57 Å².